The van der Waals surface area contributed by atoms with Crippen LogP contribution in [0.2, 0.25) is 0 Å². The average Bonchev–Trinajstić information content (AvgIpc) is 2.61. The fourth-order valence-electron chi connectivity index (χ4n) is 2.31. The first-order chi connectivity index (χ1) is 11.2. The summed E-state index contributed by atoms with van der Waals surface area (Å²) in [6.45, 7) is 0. The van der Waals surface area contributed by atoms with Gasteiger partial charge >= 0.3 is 5.97 Å². The number of esters is 1. The highest BCUT2D eigenvalue weighted by atomic mass is 16.5. The maximum Gasteiger partial charge on any atom is 0.339 e. The third kappa shape index (κ3) is 3.55. The number of hydrogen-bond donors (Lipinski definition) is 0. The van der Waals surface area contributed by atoms with Crippen LogP contribution in [0.3, 0.4) is 0 Å². The number of nitrogens with zero attached hydrogens (tertiary/aromatic N) is 1. The molecule has 0 saturated carbocycles. The highest BCUT2D eigenvalue weighted by Crippen LogP contribution is 2.26. The normalized spacial score (nSPS) is 10.5. The number of aromatic nitrogens is 1. The second-order valence-corrected chi connectivity index (χ2v) is 5.05. The zero-order valence-electron chi connectivity index (χ0n) is 12.3. The summed E-state index contributed by atoms with van der Waals surface area (Å²) in [7, 11) is 0. The molecule has 0 fully saturated rings. The topological polar surface area (TPSA) is 53.2 Å². The molecule has 0 amide bonds. The first kappa shape index (κ1) is 14.8. The number of hydrogen-bond acceptors (Lipinski definition) is 3. The Morgan fingerprint density at radius 2 is 1.30 bits per heavy atom. The van der Waals surface area contributed by atoms with Crippen molar-refractivity contribution in [1.29, 1.82) is 0 Å². The molecule has 114 valence electrons. The smallest absolute Gasteiger partial charge is 0.339 e. The van der Waals surface area contributed by atoms with Gasteiger partial charge in [-0.15, -0.1) is 0 Å². The van der Waals surface area contributed by atoms with E-state index in [1.807, 2.05) is 60.7 Å². The summed E-state index contributed by atoms with van der Waals surface area (Å²) in [6.07, 6.45) is 2.05. The molecular formula is C19H15NO3. The third-order valence-corrected chi connectivity index (χ3v) is 3.47. The van der Waals surface area contributed by atoms with Crippen molar-refractivity contribution >= 4 is 5.97 Å². The van der Waals surface area contributed by atoms with Crippen LogP contribution in [0.5, 0.6) is 0 Å². The first-order valence-corrected chi connectivity index (χ1v) is 7.24. The van der Waals surface area contributed by atoms with E-state index in [1.54, 1.807) is 0 Å². The van der Waals surface area contributed by atoms with Gasteiger partial charge in [0.15, 0.2) is 18.5 Å². The van der Waals surface area contributed by atoms with Crippen LogP contribution in [0.4, 0.5) is 0 Å². The van der Waals surface area contributed by atoms with Gasteiger partial charge < -0.3 is 9.94 Å². The Bertz CT molecular complexity index is 731. The van der Waals surface area contributed by atoms with Crippen LogP contribution in [0.25, 0.3) is 0 Å². The molecule has 1 aromatic heterocycles. The van der Waals surface area contributed by atoms with Crippen molar-refractivity contribution in [2.45, 2.75) is 6.10 Å². The number of carbonyl (C=O) groups is 1. The molecule has 1 heterocycles. The van der Waals surface area contributed by atoms with Gasteiger partial charge in [0.25, 0.3) is 0 Å². The van der Waals surface area contributed by atoms with Crippen molar-refractivity contribution < 1.29 is 14.3 Å². The van der Waals surface area contributed by atoms with Crippen molar-refractivity contribution in [2.24, 2.45) is 0 Å². The van der Waals surface area contributed by atoms with Gasteiger partial charge in [-0.2, -0.15) is 4.73 Å². The van der Waals surface area contributed by atoms with Crippen LogP contribution in [-0.4, -0.2) is 5.97 Å². The Balaban J connectivity index is 1.90. The molecule has 4 heteroatoms. The summed E-state index contributed by atoms with van der Waals surface area (Å²) in [5.74, 6) is -0.469. The molecule has 4 nitrogen and oxygen atoms in total. The molecule has 0 spiro atoms. The predicted molar refractivity (Wildman–Crippen MR) is 85.5 cm³/mol. The van der Waals surface area contributed by atoms with E-state index in [0.29, 0.717) is 10.3 Å². The highest BCUT2D eigenvalue weighted by molar-refractivity contribution is 5.89. The molecule has 2 aromatic carbocycles. The lowest BCUT2D eigenvalue weighted by atomic mass is 10.0. The standard InChI is InChI=1S/C19H15NO3/c21-19(17-11-13-20(22)14-12-17)23-18(15-7-3-1-4-8-15)16-9-5-2-6-10-16/h1-14,18H. The van der Waals surface area contributed by atoms with Crippen molar-refractivity contribution in [3.8, 4) is 0 Å². The molecule has 0 unspecified atom stereocenters. The first-order valence-electron chi connectivity index (χ1n) is 7.24. The minimum absolute atomic E-state index is 0.342. The van der Waals surface area contributed by atoms with Crippen molar-refractivity contribution in [3.63, 3.8) is 0 Å². The van der Waals surface area contributed by atoms with E-state index in [-0.39, 0.29) is 0 Å². The molecular weight excluding hydrogens is 290 g/mol. The summed E-state index contributed by atoms with van der Waals surface area (Å²) < 4.78 is 6.33. The average molecular weight is 305 g/mol. The molecule has 3 aromatic rings. The molecule has 0 saturated heterocycles. The number of rotatable bonds is 4. The van der Waals surface area contributed by atoms with Crippen LogP contribution >= 0.6 is 0 Å². The molecule has 0 atom stereocenters. The van der Waals surface area contributed by atoms with E-state index < -0.39 is 12.1 Å². The third-order valence-electron chi connectivity index (χ3n) is 3.47. The van der Waals surface area contributed by atoms with E-state index in [0.717, 1.165) is 11.1 Å². The largest absolute Gasteiger partial charge is 0.619 e. The minimum atomic E-state index is -0.496. The van der Waals surface area contributed by atoms with E-state index in [9.17, 15) is 10.0 Å². The fraction of sp³-hybridized carbons (Fsp3) is 0.0526. The van der Waals surface area contributed by atoms with Crippen molar-refractivity contribution in [3.05, 3.63) is 107 Å². The lowest BCUT2D eigenvalue weighted by Crippen LogP contribution is -2.24. The van der Waals surface area contributed by atoms with Crippen molar-refractivity contribution in [1.82, 2.24) is 0 Å². The molecule has 0 aliphatic rings. The SMILES string of the molecule is O=C(OC(c1ccccc1)c1ccccc1)c1cc[n+]([O-])cc1. The second kappa shape index (κ2) is 6.75. The van der Waals surface area contributed by atoms with E-state index in [1.165, 1.54) is 24.5 Å². The maximum absolute atomic E-state index is 12.4. The number of ether oxygens (including phenoxy) is 1. The summed E-state index contributed by atoms with van der Waals surface area (Å²) in [6, 6.07) is 22.0. The Morgan fingerprint density at radius 3 is 1.78 bits per heavy atom. The van der Waals surface area contributed by atoms with E-state index >= 15 is 0 Å². The fourth-order valence-corrected chi connectivity index (χ4v) is 2.31. The van der Waals surface area contributed by atoms with E-state index in [2.05, 4.69) is 0 Å². The number of carbonyl (C=O) groups excluding carboxylic acids is 1. The quantitative estimate of drug-likeness (QED) is 0.422. The minimum Gasteiger partial charge on any atom is -0.619 e. The number of pyridine rings is 1. The number of benzene rings is 2. The van der Waals surface area contributed by atoms with Gasteiger partial charge in [-0.3, -0.25) is 0 Å². The molecule has 0 aliphatic heterocycles. The zero-order chi connectivity index (χ0) is 16.1. The van der Waals surface area contributed by atoms with Gasteiger partial charge in [0.1, 0.15) is 0 Å². The molecule has 0 bridgehead atoms. The predicted octanol–water partition coefficient (Wildman–Crippen LogP) is 3.27. The maximum atomic E-state index is 12.4. The molecule has 0 aliphatic carbocycles. The van der Waals surface area contributed by atoms with E-state index in [4.69, 9.17) is 4.74 Å². The second-order valence-electron chi connectivity index (χ2n) is 5.05. The summed E-state index contributed by atoms with van der Waals surface area (Å²) in [5.41, 5.74) is 2.12. The monoisotopic (exact) mass is 305 g/mol. The van der Waals surface area contributed by atoms with Crippen LogP contribution in [0.15, 0.2) is 85.2 Å². The highest BCUT2D eigenvalue weighted by Gasteiger charge is 2.20. The lowest BCUT2D eigenvalue weighted by molar-refractivity contribution is -0.605. The molecule has 23 heavy (non-hydrogen) atoms. The Hall–Kier alpha value is -3.14. The van der Waals surface area contributed by atoms with Crippen LogP contribution in [0, 0.1) is 5.21 Å². The van der Waals surface area contributed by atoms with Crippen LogP contribution < -0.4 is 4.73 Å². The van der Waals surface area contributed by atoms with Gasteiger partial charge in [-0.25, -0.2) is 4.79 Å². The summed E-state index contributed by atoms with van der Waals surface area (Å²) >= 11 is 0. The Kier molecular flexibility index (Phi) is 4.34. The Labute approximate surface area is 134 Å². The Morgan fingerprint density at radius 1 is 0.826 bits per heavy atom. The van der Waals surface area contributed by atoms with Crippen molar-refractivity contribution in [2.75, 3.05) is 0 Å². The van der Waals surface area contributed by atoms with Gasteiger partial charge in [-0.1, -0.05) is 60.7 Å². The van der Waals surface area contributed by atoms with Crippen LogP contribution in [-0.2, 0) is 4.74 Å². The summed E-state index contributed by atoms with van der Waals surface area (Å²) in [4.78, 5) is 12.4. The van der Waals surface area contributed by atoms with Crippen LogP contribution in [0.1, 0.15) is 27.6 Å². The zero-order valence-corrected chi connectivity index (χ0v) is 12.3. The van der Waals surface area contributed by atoms with Gasteiger partial charge in [-0.05, 0) is 11.1 Å². The van der Waals surface area contributed by atoms with Gasteiger partial charge in [0.05, 0.1) is 5.56 Å². The lowest BCUT2D eigenvalue weighted by Gasteiger charge is -2.18. The van der Waals surface area contributed by atoms with Gasteiger partial charge in [0, 0.05) is 12.1 Å². The molecule has 0 N–H and O–H groups in total. The molecule has 3 rings (SSSR count). The van der Waals surface area contributed by atoms with Gasteiger partial charge in [0.2, 0.25) is 0 Å². The summed E-state index contributed by atoms with van der Waals surface area (Å²) in [5, 5.41) is 11.1. The molecule has 0 radical (unpaired) electrons.